The SMILES string of the molecule is O=C1/C(=C/c2ccco2)SC(=S)N1CCC(=O)N1CCCCC1c1cccnc1. The van der Waals surface area contributed by atoms with Gasteiger partial charge < -0.3 is 9.32 Å². The van der Waals surface area contributed by atoms with Gasteiger partial charge in [0.25, 0.3) is 5.91 Å². The van der Waals surface area contributed by atoms with Crippen LogP contribution in [0.25, 0.3) is 6.08 Å². The summed E-state index contributed by atoms with van der Waals surface area (Å²) in [4.78, 5) is 33.8. The Kier molecular flexibility index (Phi) is 6.10. The molecular weight excluding hydrogens is 406 g/mol. The van der Waals surface area contributed by atoms with E-state index in [4.69, 9.17) is 16.6 Å². The third-order valence-corrected chi connectivity index (χ3v) is 6.51. The van der Waals surface area contributed by atoms with Crippen molar-refractivity contribution in [1.29, 1.82) is 0 Å². The van der Waals surface area contributed by atoms with Crippen LogP contribution >= 0.6 is 24.0 Å². The van der Waals surface area contributed by atoms with E-state index in [1.165, 1.54) is 16.7 Å². The number of aromatic nitrogens is 1. The number of thioether (sulfide) groups is 1. The second kappa shape index (κ2) is 8.92. The van der Waals surface area contributed by atoms with Crippen molar-refractivity contribution in [2.45, 2.75) is 31.7 Å². The molecule has 2 aliphatic rings. The fourth-order valence-corrected chi connectivity index (χ4v) is 4.98. The Morgan fingerprint density at radius 2 is 2.24 bits per heavy atom. The molecule has 2 amide bonds. The molecule has 1 unspecified atom stereocenters. The Labute approximate surface area is 179 Å². The highest BCUT2D eigenvalue weighted by atomic mass is 32.2. The molecule has 0 aliphatic carbocycles. The maximum absolute atomic E-state index is 13.0. The fourth-order valence-electron chi connectivity index (χ4n) is 3.70. The van der Waals surface area contributed by atoms with Crippen molar-refractivity contribution in [3.05, 3.63) is 59.2 Å². The van der Waals surface area contributed by atoms with Crippen molar-refractivity contribution in [3.8, 4) is 0 Å². The fraction of sp³-hybridized carbons (Fsp3) is 0.333. The molecular formula is C21H21N3O3S2. The summed E-state index contributed by atoms with van der Waals surface area (Å²) in [6.45, 7) is 1.02. The number of thiocarbonyl (C=S) groups is 1. The number of piperidine rings is 1. The van der Waals surface area contributed by atoms with E-state index in [9.17, 15) is 9.59 Å². The van der Waals surface area contributed by atoms with Crippen LogP contribution in [0.2, 0.25) is 0 Å². The zero-order chi connectivity index (χ0) is 20.2. The minimum atomic E-state index is -0.174. The Morgan fingerprint density at radius 3 is 3.00 bits per heavy atom. The standard InChI is InChI=1S/C21H21N3O3S2/c25-19(23-10-2-1-7-17(23)15-5-3-9-22-14-15)8-11-24-20(26)18(29-21(24)28)13-16-6-4-12-27-16/h3-6,9,12-14,17H,1-2,7-8,10-11H2/b18-13-. The monoisotopic (exact) mass is 427 g/mol. The summed E-state index contributed by atoms with van der Waals surface area (Å²) < 4.78 is 5.75. The van der Waals surface area contributed by atoms with Crippen molar-refractivity contribution in [2.75, 3.05) is 13.1 Å². The molecule has 29 heavy (non-hydrogen) atoms. The quantitative estimate of drug-likeness (QED) is 0.530. The summed E-state index contributed by atoms with van der Waals surface area (Å²) >= 11 is 6.60. The largest absolute Gasteiger partial charge is 0.465 e. The van der Waals surface area contributed by atoms with Crippen molar-refractivity contribution < 1.29 is 14.0 Å². The van der Waals surface area contributed by atoms with E-state index in [2.05, 4.69) is 4.98 Å². The van der Waals surface area contributed by atoms with E-state index in [1.807, 2.05) is 23.2 Å². The van der Waals surface area contributed by atoms with Crippen LogP contribution in [-0.2, 0) is 9.59 Å². The lowest BCUT2D eigenvalue weighted by Gasteiger charge is -2.36. The molecule has 4 rings (SSSR count). The van der Waals surface area contributed by atoms with Crippen molar-refractivity contribution >= 4 is 46.2 Å². The van der Waals surface area contributed by atoms with Gasteiger partial charge in [0.05, 0.1) is 17.2 Å². The Morgan fingerprint density at radius 1 is 1.34 bits per heavy atom. The van der Waals surface area contributed by atoms with Gasteiger partial charge >= 0.3 is 0 Å². The Bertz CT molecular complexity index is 928. The van der Waals surface area contributed by atoms with Crippen LogP contribution < -0.4 is 0 Å². The second-order valence-corrected chi connectivity index (χ2v) is 8.66. The van der Waals surface area contributed by atoms with Gasteiger partial charge in [0.2, 0.25) is 5.91 Å². The molecule has 2 saturated heterocycles. The average Bonchev–Trinajstić information content (AvgIpc) is 3.35. The van der Waals surface area contributed by atoms with Crippen LogP contribution in [0.3, 0.4) is 0 Å². The van der Waals surface area contributed by atoms with E-state index < -0.39 is 0 Å². The molecule has 2 aromatic heterocycles. The lowest BCUT2D eigenvalue weighted by molar-refractivity contribution is -0.135. The summed E-state index contributed by atoms with van der Waals surface area (Å²) in [7, 11) is 0. The summed E-state index contributed by atoms with van der Waals surface area (Å²) in [6.07, 6.45) is 10.1. The number of carbonyl (C=O) groups excluding carboxylic acids is 2. The smallest absolute Gasteiger partial charge is 0.266 e. The molecule has 1 atom stereocenters. The molecule has 150 valence electrons. The van der Waals surface area contributed by atoms with E-state index in [1.54, 1.807) is 30.7 Å². The van der Waals surface area contributed by atoms with Crippen LogP contribution in [0.4, 0.5) is 0 Å². The third kappa shape index (κ3) is 4.43. The molecule has 4 heterocycles. The van der Waals surface area contributed by atoms with Gasteiger partial charge in [0, 0.05) is 38.0 Å². The van der Waals surface area contributed by atoms with Gasteiger partial charge in [-0.05, 0) is 43.0 Å². The molecule has 2 fully saturated rings. The first-order valence-corrected chi connectivity index (χ1v) is 10.8. The van der Waals surface area contributed by atoms with Crippen molar-refractivity contribution in [2.24, 2.45) is 0 Å². The first-order chi connectivity index (χ1) is 14.1. The van der Waals surface area contributed by atoms with Gasteiger partial charge in [-0.25, -0.2) is 0 Å². The number of nitrogens with zero attached hydrogens (tertiary/aromatic N) is 3. The third-order valence-electron chi connectivity index (χ3n) is 5.13. The molecule has 0 N–H and O–H groups in total. The van der Waals surface area contributed by atoms with E-state index in [-0.39, 0.29) is 30.8 Å². The predicted octanol–water partition coefficient (Wildman–Crippen LogP) is 4.02. The lowest BCUT2D eigenvalue weighted by Crippen LogP contribution is -2.40. The number of furan rings is 1. The number of amides is 2. The number of hydrogen-bond acceptors (Lipinski definition) is 6. The van der Waals surface area contributed by atoms with Crippen molar-refractivity contribution in [3.63, 3.8) is 0 Å². The molecule has 0 aromatic carbocycles. The number of hydrogen-bond donors (Lipinski definition) is 0. The number of pyridine rings is 1. The van der Waals surface area contributed by atoms with E-state index in [0.29, 0.717) is 15.0 Å². The van der Waals surface area contributed by atoms with Crippen LogP contribution in [0.1, 0.15) is 43.0 Å². The Hall–Kier alpha value is -2.45. The predicted molar refractivity (Wildman–Crippen MR) is 116 cm³/mol. The van der Waals surface area contributed by atoms with Crippen LogP contribution in [-0.4, -0.2) is 44.0 Å². The highest BCUT2D eigenvalue weighted by molar-refractivity contribution is 8.26. The Balaban J connectivity index is 1.41. The van der Waals surface area contributed by atoms with Crippen LogP contribution in [0, 0.1) is 0 Å². The summed E-state index contributed by atoms with van der Waals surface area (Å²) in [5.74, 6) is 0.475. The highest BCUT2D eigenvalue weighted by Gasteiger charge is 2.34. The molecule has 0 radical (unpaired) electrons. The average molecular weight is 428 g/mol. The maximum atomic E-state index is 13.0. The molecule has 0 spiro atoms. The normalized spacial score (nSPS) is 21.2. The molecule has 2 aromatic rings. The number of rotatable bonds is 5. The second-order valence-electron chi connectivity index (χ2n) is 6.98. The summed E-state index contributed by atoms with van der Waals surface area (Å²) in [6, 6.07) is 7.52. The lowest BCUT2D eigenvalue weighted by atomic mass is 9.96. The molecule has 0 bridgehead atoms. The number of carbonyl (C=O) groups is 2. The maximum Gasteiger partial charge on any atom is 0.266 e. The molecule has 0 saturated carbocycles. The first-order valence-electron chi connectivity index (χ1n) is 9.62. The van der Waals surface area contributed by atoms with E-state index in [0.717, 1.165) is 31.4 Å². The van der Waals surface area contributed by atoms with Gasteiger partial charge in [-0.3, -0.25) is 19.5 Å². The van der Waals surface area contributed by atoms with Gasteiger partial charge in [-0.2, -0.15) is 0 Å². The van der Waals surface area contributed by atoms with Crippen LogP contribution in [0.5, 0.6) is 0 Å². The van der Waals surface area contributed by atoms with Gasteiger partial charge in [-0.1, -0.05) is 30.0 Å². The zero-order valence-electron chi connectivity index (χ0n) is 15.8. The minimum absolute atomic E-state index is 0.0441. The number of likely N-dealkylation sites (tertiary alicyclic amines) is 1. The summed E-state index contributed by atoms with van der Waals surface area (Å²) in [5, 5.41) is 0. The first kappa shape index (κ1) is 19.8. The van der Waals surface area contributed by atoms with Gasteiger partial charge in [0.15, 0.2) is 0 Å². The zero-order valence-corrected chi connectivity index (χ0v) is 17.5. The molecule has 6 nitrogen and oxygen atoms in total. The van der Waals surface area contributed by atoms with Gasteiger partial charge in [0.1, 0.15) is 10.1 Å². The topological polar surface area (TPSA) is 66.7 Å². The van der Waals surface area contributed by atoms with Crippen LogP contribution in [0.15, 0.2) is 52.2 Å². The molecule has 2 aliphatic heterocycles. The van der Waals surface area contributed by atoms with Gasteiger partial charge in [-0.15, -0.1) is 0 Å². The highest BCUT2D eigenvalue weighted by Crippen LogP contribution is 2.34. The van der Waals surface area contributed by atoms with Crippen molar-refractivity contribution in [1.82, 2.24) is 14.8 Å². The molecule has 8 heteroatoms. The minimum Gasteiger partial charge on any atom is -0.465 e. The van der Waals surface area contributed by atoms with E-state index >= 15 is 0 Å². The summed E-state index contributed by atoms with van der Waals surface area (Å²) in [5.41, 5.74) is 1.06.